The first-order valence-electron chi connectivity index (χ1n) is 14.0. The minimum absolute atomic E-state index is 0.0750. The van der Waals surface area contributed by atoms with Gasteiger partial charge in [0.2, 0.25) is 11.8 Å². The molecule has 0 saturated carbocycles. The van der Waals surface area contributed by atoms with Crippen molar-refractivity contribution in [2.45, 2.75) is 69.0 Å². The van der Waals surface area contributed by atoms with Gasteiger partial charge in [-0.2, -0.15) is 0 Å². The summed E-state index contributed by atoms with van der Waals surface area (Å²) in [5.74, 6) is -0.149. The number of ether oxygens (including phenoxy) is 1. The van der Waals surface area contributed by atoms with E-state index in [1.807, 2.05) is 58.2 Å². The minimum Gasteiger partial charge on any atom is -0.497 e. The van der Waals surface area contributed by atoms with Crippen molar-refractivity contribution in [1.29, 1.82) is 0 Å². The first-order chi connectivity index (χ1) is 20.0. The summed E-state index contributed by atoms with van der Waals surface area (Å²) in [6, 6.07) is 20.0. The van der Waals surface area contributed by atoms with Gasteiger partial charge in [-0.3, -0.25) is 13.9 Å². The van der Waals surface area contributed by atoms with Crippen molar-refractivity contribution in [3.05, 3.63) is 83.9 Å². The molecule has 1 N–H and O–H groups in total. The highest BCUT2D eigenvalue weighted by Gasteiger charge is 2.34. The number of carbonyl (C=O) groups excluding carboxylic acids is 2. The molecule has 2 unspecified atom stereocenters. The number of carbonyl (C=O) groups is 2. The zero-order chi connectivity index (χ0) is 30.9. The Morgan fingerprint density at radius 1 is 0.976 bits per heavy atom. The molecule has 3 rings (SSSR count). The Balaban J connectivity index is 2.06. The fourth-order valence-corrected chi connectivity index (χ4v) is 6.27. The van der Waals surface area contributed by atoms with Crippen LogP contribution in [0, 0.1) is 6.92 Å². The molecular weight excluding hydrogens is 571 g/mol. The van der Waals surface area contributed by atoms with Crippen LogP contribution in [0.15, 0.2) is 82.6 Å². The number of benzene rings is 3. The van der Waals surface area contributed by atoms with Gasteiger partial charge in [-0.25, -0.2) is 8.42 Å². The van der Waals surface area contributed by atoms with Crippen LogP contribution >= 0.6 is 11.8 Å². The lowest BCUT2D eigenvalue weighted by atomic mass is 10.1. The van der Waals surface area contributed by atoms with E-state index < -0.39 is 28.5 Å². The highest BCUT2D eigenvalue weighted by molar-refractivity contribution is 7.98. The summed E-state index contributed by atoms with van der Waals surface area (Å²) >= 11 is 1.51. The van der Waals surface area contributed by atoms with Gasteiger partial charge < -0.3 is 15.0 Å². The largest absolute Gasteiger partial charge is 0.497 e. The van der Waals surface area contributed by atoms with Gasteiger partial charge in [0, 0.05) is 17.5 Å². The molecule has 8 nitrogen and oxygen atoms in total. The number of nitrogens with zero attached hydrogens (tertiary/aromatic N) is 2. The van der Waals surface area contributed by atoms with Crippen LogP contribution in [-0.4, -0.2) is 57.1 Å². The van der Waals surface area contributed by atoms with Crippen molar-refractivity contribution >= 4 is 39.3 Å². The van der Waals surface area contributed by atoms with E-state index in [2.05, 4.69) is 5.32 Å². The molecule has 0 bridgehead atoms. The van der Waals surface area contributed by atoms with Crippen LogP contribution in [0.3, 0.4) is 0 Å². The van der Waals surface area contributed by atoms with Gasteiger partial charge in [0.15, 0.2) is 0 Å². The Kier molecular flexibility index (Phi) is 11.9. The zero-order valence-corrected chi connectivity index (χ0v) is 26.8. The van der Waals surface area contributed by atoms with E-state index in [1.54, 1.807) is 55.6 Å². The van der Waals surface area contributed by atoms with Crippen molar-refractivity contribution in [3.8, 4) is 5.75 Å². The van der Waals surface area contributed by atoms with Gasteiger partial charge >= 0.3 is 0 Å². The Hall–Kier alpha value is -3.50. The second-order valence-corrected chi connectivity index (χ2v) is 12.9. The fourth-order valence-electron chi connectivity index (χ4n) is 4.44. The van der Waals surface area contributed by atoms with Gasteiger partial charge in [-0.15, -0.1) is 11.8 Å². The molecule has 0 aromatic heterocycles. The topological polar surface area (TPSA) is 96.0 Å². The van der Waals surface area contributed by atoms with Crippen LogP contribution in [0.4, 0.5) is 5.69 Å². The van der Waals surface area contributed by atoms with Crippen molar-refractivity contribution in [3.63, 3.8) is 0 Å². The molecule has 2 atom stereocenters. The van der Waals surface area contributed by atoms with Crippen molar-refractivity contribution in [1.82, 2.24) is 10.2 Å². The van der Waals surface area contributed by atoms with Crippen molar-refractivity contribution in [2.75, 3.05) is 24.2 Å². The summed E-state index contributed by atoms with van der Waals surface area (Å²) in [6.45, 7) is 7.26. The van der Waals surface area contributed by atoms with Crippen LogP contribution in [0.5, 0.6) is 5.75 Å². The highest BCUT2D eigenvalue weighted by Crippen LogP contribution is 2.27. The van der Waals surface area contributed by atoms with Crippen molar-refractivity contribution < 1.29 is 22.7 Å². The van der Waals surface area contributed by atoms with Crippen LogP contribution in [-0.2, 0) is 26.2 Å². The average molecular weight is 612 g/mol. The molecule has 3 aromatic carbocycles. The number of sulfonamides is 1. The van der Waals surface area contributed by atoms with Crippen LogP contribution < -0.4 is 14.4 Å². The lowest BCUT2D eigenvalue weighted by Crippen LogP contribution is -2.53. The number of anilines is 1. The summed E-state index contributed by atoms with van der Waals surface area (Å²) in [6.07, 6.45) is 3.01. The maximum atomic E-state index is 14.2. The number of thioether (sulfide) groups is 1. The van der Waals surface area contributed by atoms with E-state index in [0.717, 1.165) is 26.7 Å². The monoisotopic (exact) mass is 611 g/mol. The zero-order valence-electron chi connectivity index (χ0n) is 25.2. The van der Waals surface area contributed by atoms with Crippen LogP contribution in [0.2, 0.25) is 0 Å². The summed E-state index contributed by atoms with van der Waals surface area (Å²) in [4.78, 5) is 30.1. The standard InChI is InChI=1S/C32H41N3O5S2/c1-7-24(4)33-32(37)30(8-2)34(21-25-10-9-11-27(20-25)40-5)31(36)22-35(26-14-12-23(3)13-15-26)42(38,39)29-18-16-28(41-6)17-19-29/h9-20,24,30H,7-8,21-22H2,1-6H3,(H,33,37). The third-order valence-corrected chi connectivity index (χ3v) is 9.65. The lowest BCUT2D eigenvalue weighted by Gasteiger charge is -2.33. The molecule has 0 spiro atoms. The third kappa shape index (κ3) is 8.29. The summed E-state index contributed by atoms with van der Waals surface area (Å²) in [7, 11) is -2.56. The maximum absolute atomic E-state index is 14.2. The third-order valence-electron chi connectivity index (χ3n) is 7.12. The number of aryl methyl sites for hydroxylation is 1. The number of hydrogen-bond donors (Lipinski definition) is 1. The predicted octanol–water partition coefficient (Wildman–Crippen LogP) is 5.64. The minimum atomic E-state index is -4.12. The Bertz CT molecular complexity index is 1440. The molecule has 0 radical (unpaired) electrons. The molecule has 2 amide bonds. The van der Waals surface area contributed by atoms with E-state index in [-0.39, 0.29) is 23.4 Å². The molecule has 0 aliphatic rings. The quantitative estimate of drug-likeness (QED) is 0.237. The molecule has 0 heterocycles. The van der Waals surface area contributed by atoms with Gasteiger partial charge in [-0.05, 0) is 87.0 Å². The van der Waals surface area contributed by atoms with Gasteiger partial charge in [-0.1, -0.05) is 43.7 Å². The molecule has 42 heavy (non-hydrogen) atoms. The second-order valence-electron chi connectivity index (χ2n) is 10.1. The smallest absolute Gasteiger partial charge is 0.264 e. The number of nitrogens with one attached hydrogen (secondary N) is 1. The van der Waals surface area contributed by atoms with E-state index in [0.29, 0.717) is 17.9 Å². The lowest BCUT2D eigenvalue weighted by molar-refractivity contribution is -0.140. The molecule has 3 aromatic rings. The molecule has 0 fully saturated rings. The van der Waals surface area contributed by atoms with Gasteiger partial charge in [0.1, 0.15) is 18.3 Å². The van der Waals surface area contributed by atoms with E-state index in [1.165, 1.54) is 16.7 Å². The number of methoxy groups -OCH3 is 1. The first kappa shape index (κ1) is 33.0. The Morgan fingerprint density at radius 2 is 1.64 bits per heavy atom. The second kappa shape index (κ2) is 15.1. The Morgan fingerprint density at radius 3 is 2.21 bits per heavy atom. The Labute approximate surface area is 254 Å². The van der Waals surface area contributed by atoms with E-state index >= 15 is 0 Å². The van der Waals surface area contributed by atoms with Gasteiger partial charge in [0.05, 0.1) is 17.7 Å². The van der Waals surface area contributed by atoms with Crippen LogP contribution in [0.25, 0.3) is 0 Å². The number of hydrogen-bond acceptors (Lipinski definition) is 6. The SMILES string of the molecule is CCC(C)NC(=O)C(CC)N(Cc1cccc(OC)c1)C(=O)CN(c1ccc(C)cc1)S(=O)(=O)c1ccc(SC)cc1. The van der Waals surface area contributed by atoms with E-state index in [9.17, 15) is 18.0 Å². The predicted molar refractivity (Wildman–Crippen MR) is 169 cm³/mol. The van der Waals surface area contributed by atoms with E-state index in [4.69, 9.17) is 4.74 Å². The fraction of sp³-hybridized carbons (Fsp3) is 0.375. The molecular formula is C32H41N3O5S2. The molecule has 0 aliphatic heterocycles. The first-order valence-corrected chi connectivity index (χ1v) is 16.7. The average Bonchev–Trinajstić information content (AvgIpc) is 3.00. The summed E-state index contributed by atoms with van der Waals surface area (Å²) in [5, 5.41) is 2.99. The summed E-state index contributed by atoms with van der Waals surface area (Å²) in [5.41, 5.74) is 2.08. The maximum Gasteiger partial charge on any atom is 0.264 e. The van der Waals surface area contributed by atoms with Gasteiger partial charge in [0.25, 0.3) is 10.0 Å². The number of amides is 2. The summed E-state index contributed by atoms with van der Waals surface area (Å²) < 4.78 is 34.5. The number of rotatable bonds is 14. The normalized spacial score (nSPS) is 12.7. The highest BCUT2D eigenvalue weighted by atomic mass is 32.2. The molecule has 10 heteroatoms. The van der Waals surface area contributed by atoms with Crippen LogP contribution in [0.1, 0.15) is 44.7 Å². The molecule has 0 saturated heterocycles. The molecule has 0 aliphatic carbocycles. The van der Waals surface area contributed by atoms with Crippen molar-refractivity contribution in [2.24, 2.45) is 0 Å². The molecule has 226 valence electrons.